The molecule has 3 rings (SSSR count). The fourth-order valence-electron chi connectivity index (χ4n) is 3.34. The number of hydrogen-bond donors (Lipinski definition) is 1. The molecule has 0 spiro atoms. The molecule has 8 heteroatoms. The maximum Gasteiger partial charge on any atom is 0.324 e. The highest BCUT2D eigenvalue weighted by Crippen LogP contribution is 2.26. The van der Waals surface area contributed by atoms with Crippen molar-refractivity contribution in [2.75, 3.05) is 18.5 Å². The van der Waals surface area contributed by atoms with Crippen LogP contribution < -0.4 is 5.32 Å². The molecular weight excluding hydrogens is 404 g/mol. The van der Waals surface area contributed by atoms with Crippen molar-refractivity contribution in [1.29, 1.82) is 0 Å². The van der Waals surface area contributed by atoms with Gasteiger partial charge in [-0.25, -0.2) is 8.42 Å². The smallest absolute Gasteiger partial charge is 0.324 e. The first-order valence-corrected chi connectivity index (χ1v) is 11.3. The summed E-state index contributed by atoms with van der Waals surface area (Å²) < 4.78 is 32.5. The van der Waals surface area contributed by atoms with Gasteiger partial charge in [0.2, 0.25) is 10.0 Å². The Labute approximate surface area is 177 Å². The number of aryl methyl sites for hydroxylation is 2. The van der Waals surface area contributed by atoms with E-state index in [2.05, 4.69) is 5.32 Å². The Morgan fingerprint density at radius 3 is 2.23 bits per heavy atom. The molecule has 7 nitrogen and oxygen atoms in total. The summed E-state index contributed by atoms with van der Waals surface area (Å²) >= 11 is 0. The van der Waals surface area contributed by atoms with E-state index in [1.165, 1.54) is 16.4 Å². The standard InChI is InChI=1S/C22H26N2O5S/c1-16-6-10-18(11-7-16)23-21(25)15-29-22(26)20-5-3-4-14-24(20)30(27,28)19-12-8-17(2)9-13-19/h6-13,20H,3-5,14-15H2,1-2H3,(H,23,25). The lowest BCUT2D eigenvalue weighted by molar-refractivity contribution is -0.152. The quantitative estimate of drug-likeness (QED) is 0.711. The molecule has 30 heavy (non-hydrogen) atoms. The molecule has 0 bridgehead atoms. The molecule has 1 fully saturated rings. The highest BCUT2D eigenvalue weighted by atomic mass is 32.2. The molecule has 1 saturated heterocycles. The Morgan fingerprint density at radius 2 is 1.60 bits per heavy atom. The van der Waals surface area contributed by atoms with Crippen LogP contribution in [0, 0.1) is 13.8 Å². The van der Waals surface area contributed by atoms with Crippen LogP contribution in [0.5, 0.6) is 0 Å². The van der Waals surface area contributed by atoms with Crippen molar-refractivity contribution in [3.05, 3.63) is 59.7 Å². The van der Waals surface area contributed by atoms with E-state index in [0.717, 1.165) is 17.5 Å². The number of sulfonamides is 1. The number of nitrogens with one attached hydrogen (secondary N) is 1. The summed E-state index contributed by atoms with van der Waals surface area (Å²) in [6.45, 7) is 3.58. The molecule has 2 aromatic rings. The molecule has 1 aliphatic rings. The first kappa shape index (κ1) is 22.0. The van der Waals surface area contributed by atoms with Crippen LogP contribution in [0.4, 0.5) is 5.69 Å². The van der Waals surface area contributed by atoms with Crippen LogP contribution in [-0.2, 0) is 24.3 Å². The van der Waals surface area contributed by atoms with Crippen molar-refractivity contribution in [2.45, 2.75) is 44.0 Å². The molecule has 2 aromatic carbocycles. The van der Waals surface area contributed by atoms with Crippen molar-refractivity contribution < 1.29 is 22.7 Å². The number of ether oxygens (including phenoxy) is 1. The van der Waals surface area contributed by atoms with Crippen LogP contribution in [0.1, 0.15) is 30.4 Å². The number of rotatable bonds is 6. The number of nitrogens with zero attached hydrogens (tertiary/aromatic N) is 1. The lowest BCUT2D eigenvalue weighted by Gasteiger charge is -2.33. The van der Waals surface area contributed by atoms with Crippen molar-refractivity contribution in [2.24, 2.45) is 0 Å². The Morgan fingerprint density at radius 1 is 1.00 bits per heavy atom. The van der Waals surface area contributed by atoms with E-state index in [1.807, 2.05) is 26.0 Å². The molecule has 1 aliphatic heterocycles. The topological polar surface area (TPSA) is 92.8 Å². The normalized spacial score (nSPS) is 17.3. The summed E-state index contributed by atoms with van der Waals surface area (Å²) in [7, 11) is -3.83. The number of benzene rings is 2. The third-order valence-corrected chi connectivity index (χ3v) is 6.96. The van der Waals surface area contributed by atoms with E-state index in [4.69, 9.17) is 4.74 Å². The van der Waals surface area contributed by atoms with E-state index < -0.39 is 34.5 Å². The molecule has 1 heterocycles. The molecule has 1 unspecified atom stereocenters. The van der Waals surface area contributed by atoms with E-state index >= 15 is 0 Å². The molecule has 0 aromatic heterocycles. The number of carbonyl (C=O) groups is 2. The van der Waals surface area contributed by atoms with Gasteiger partial charge in [-0.1, -0.05) is 35.4 Å². The Kier molecular flexibility index (Phi) is 6.89. The van der Waals surface area contributed by atoms with Gasteiger partial charge in [-0.2, -0.15) is 4.31 Å². The highest BCUT2D eigenvalue weighted by Gasteiger charge is 2.38. The molecule has 1 N–H and O–H groups in total. The zero-order valence-electron chi connectivity index (χ0n) is 17.1. The third-order valence-electron chi connectivity index (χ3n) is 5.03. The predicted octanol–water partition coefficient (Wildman–Crippen LogP) is 3.03. The molecule has 160 valence electrons. The second-order valence-corrected chi connectivity index (χ2v) is 9.35. The van der Waals surface area contributed by atoms with Gasteiger partial charge in [-0.3, -0.25) is 9.59 Å². The van der Waals surface area contributed by atoms with Crippen LogP contribution in [0.25, 0.3) is 0 Å². The summed E-state index contributed by atoms with van der Waals surface area (Å²) in [6, 6.07) is 12.8. The Hall–Kier alpha value is -2.71. The largest absolute Gasteiger partial charge is 0.454 e. The van der Waals surface area contributed by atoms with Crippen LogP contribution in [0.2, 0.25) is 0 Å². The van der Waals surface area contributed by atoms with Gasteiger partial charge in [0.15, 0.2) is 6.61 Å². The molecular formula is C22H26N2O5S. The number of anilines is 1. The summed E-state index contributed by atoms with van der Waals surface area (Å²) in [4.78, 5) is 24.9. The number of amides is 1. The van der Waals surface area contributed by atoms with Gasteiger partial charge in [0.05, 0.1) is 4.90 Å². The molecule has 0 radical (unpaired) electrons. The maximum absolute atomic E-state index is 13.1. The first-order valence-electron chi connectivity index (χ1n) is 9.89. The van der Waals surface area contributed by atoms with Crippen LogP contribution in [0.3, 0.4) is 0 Å². The average molecular weight is 431 g/mol. The van der Waals surface area contributed by atoms with Gasteiger partial charge in [0, 0.05) is 12.2 Å². The fraction of sp³-hybridized carbons (Fsp3) is 0.364. The maximum atomic E-state index is 13.1. The average Bonchev–Trinajstić information content (AvgIpc) is 2.74. The second kappa shape index (κ2) is 9.40. The van der Waals surface area contributed by atoms with Gasteiger partial charge in [0.25, 0.3) is 5.91 Å². The van der Waals surface area contributed by atoms with Crippen molar-refractivity contribution in [3.8, 4) is 0 Å². The fourth-order valence-corrected chi connectivity index (χ4v) is 4.99. The van der Waals surface area contributed by atoms with Crippen molar-refractivity contribution in [1.82, 2.24) is 4.31 Å². The predicted molar refractivity (Wildman–Crippen MR) is 113 cm³/mol. The molecule has 1 amide bonds. The summed E-state index contributed by atoms with van der Waals surface area (Å²) in [5, 5.41) is 2.65. The van der Waals surface area contributed by atoms with Crippen molar-refractivity contribution in [3.63, 3.8) is 0 Å². The van der Waals surface area contributed by atoms with Gasteiger partial charge in [0.1, 0.15) is 6.04 Å². The van der Waals surface area contributed by atoms with Gasteiger partial charge >= 0.3 is 5.97 Å². The lowest BCUT2D eigenvalue weighted by atomic mass is 10.1. The summed E-state index contributed by atoms with van der Waals surface area (Å²) in [5.74, 6) is -1.18. The minimum Gasteiger partial charge on any atom is -0.454 e. The minimum atomic E-state index is -3.83. The van der Waals surface area contributed by atoms with Gasteiger partial charge < -0.3 is 10.1 Å². The number of carbonyl (C=O) groups excluding carboxylic acids is 2. The monoisotopic (exact) mass is 430 g/mol. The van der Waals surface area contributed by atoms with Gasteiger partial charge in [-0.05, 0) is 57.4 Å². The van der Waals surface area contributed by atoms with Crippen LogP contribution >= 0.6 is 0 Å². The third kappa shape index (κ3) is 5.25. The molecule has 0 aliphatic carbocycles. The Bertz CT molecular complexity index is 1000. The minimum absolute atomic E-state index is 0.143. The van der Waals surface area contributed by atoms with E-state index in [9.17, 15) is 18.0 Å². The van der Waals surface area contributed by atoms with E-state index in [1.54, 1.807) is 24.3 Å². The number of hydrogen-bond acceptors (Lipinski definition) is 5. The van der Waals surface area contributed by atoms with E-state index in [-0.39, 0.29) is 11.4 Å². The summed E-state index contributed by atoms with van der Waals surface area (Å²) in [5.41, 5.74) is 2.61. The van der Waals surface area contributed by atoms with Crippen LogP contribution in [0.15, 0.2) is 53.4 Å². The van der Waals surface area contributed by atoms with Crippen molar-refractivity contribution >= 4 is 27.6 Å². The first-order chi connectivity index (χ1) is 14.3. The van der Waals surface area contributed by atoms with Crippen LogP contribution in [-0.4, -0.2) is 43.8 Å². The molecule has 1 atom stereocenters. The second-order valence-electron chi connectivity index (χ2n) is 7.46. The number of esters is 1. The van der Waals surface area contributed by atoms with E-state index in [0.29, 0.717) is 18.5 Å². The molecule has 0 saturated carbocycles. The number of piperidine rings is 1. The zero-order chi connectivity index (χ0) is 21.7. The lowest BCUT2D eigenvalue weighted by Crippen LogP contribution is -2.48. The van der Waals surface area contributed by atoms with Gasteiger partial charge in [-0.15, -0.1) is 0 Å². The zero-order valence-corrected chi connectivity index (χ0v) is 17.9. The SMILES string of the molecule is Cc1ccc(NC(=O)COC(=O)C2CCCCN2S(=O)(=O)c2ccc(C)cc2)cc1. The highest BCUT2D eigenvalue weighted by molar-refractivity contribution is 7.89. The summed E-state index contributed by atoms with van der Waals surface area (Å²) in [6.07, 6.45) is 1.75. The Balaban J connectivity index is 1.65.